The molecule has 4 rings (SSSR count). The van der Waals surface area contributed by atoms with Crippen LogP contribution >= 0.6 is 34.5 Å². The molecule has 6 nitrogen and oxygen atoms in total. The Hall–Kier alpha value is -2.35. The van der Waals surface area contributed by atoms with E-state index in [4.69, 9.17) is 32.5 Å². The van der Waals surface area contributed by atoms with Crippen LogP contribution in [-0.2, 0) is 17.6 Å². The van der Waals surface area contributed by atoms with Gasteiger partial charge in [0.15, 0.2) is 0 Å². The number of benzene rings is 1. The molecule has 1 amide bonds. The van der Waals surface area contributed by atoms with Crippen LogP contribution in [0.2, 0.25) is 10.0 Å². The van der Waals surface area contributed by atoms with E-state index in [-0.39, 0.29) is 17.4 Å². The van der Waals surface area contributed by atoms with Crippen molar-refractivity contribution in [3.63, 3.8) is 0 Å². The number of thiophene rings is 1. The first-order valence-electron chi connectivity index (χ1n) is 10.4. The summed E-state index contributed by atoms with van der Waals surface area (Å²) in [4.78, 5) is 27.4. The van der Waals surface area contributed by atoms with Gasteiger partial charge in [0.25, 0.3) is 5.91 Å². The van der Waals surface area contributed by atoms with E-state index in [9.17, 15) is 9.59 Å². The fraction of sp³-hybridized carbons (Fsp3) is 0.348. The molecule has 1 aromatic carbocycles. The van der Waals surface area contributed by atoms with Crippen molar-refractivity contribution in [1.82, 2.24) is 5.16 Å². The molecule has 0 saturated heterocycles. The molecule has 0 unspecified atom stereocenters. The molecular formula is C23H22Cl2N2O4S. The third-order valence-electron chi connectivity index (χ3n) is 5.23. The average molecular weight is 493 g/mol. The lowest BCUT2D eigenvalue weighted by Gasteiger charge is -2.14. The van der Waals surface area contributed by atoms with E-state index in [0.29, 0.717) is 31.9 Å². The quantitative estimate of drug-likeness (QED) is 0.400. The number of nitrogens with one attached hydrogen (secondary N) is 1. The standard InChI is InChI=1S/C23H22Cl2N2O4S/c1-11(2)30-23(29)18-13-7-4-5-10-16(13)32-22(18)26-21(28)17-12(3)31-27-20(17)19-14(24)8-6-9-15(19)25/h6,8-9,11H,4-5,7,10H2,1-3H3,(H,26,28). The van der Waals surface area contributed by atoms with Crippen LogP contribution in [0.15, 0.2) is 22.7 Å². The molecule has 168 valence electrons. The van der Waals surface area contributed by atoms with Crippen molar-refractivity contribution in [1.29, 1.82) is 0 Å². The second kappa shape index (κ2) is 9.25. The third-order valence-corrected chi connectivity index (χ3v) is 7.07. The summed E-state index contributed by atoms with van der Waals surface area (Å²) < 4.78 is 10.8. The minimum atomic E-state index is -0.452. The van der Waals surface area contributed by atoms with Gasteiger partial charge >= 0.3 is 5.97 Å². The maximum atomic E-state index is 13.4. The van der Waals surface area contributed by atoms with Gasteiger partial charge in [0.1, 0.15) is 22.0 Å². The van der Waals surface area contributed by atoms with Gasteiger partial charge in [-0.3, -0.25) is 4.79 Å². The number of fused-ring (bicyclic) bond motifs is 1. The second-order valence-corrected chi connectivity index (χ2v) is 9.80. The van der Waals surface area contributed by atoms with Crippen LogP contribution in [0.3, 0.4) is 0 Å². The van der Waals surface area contributed by atoms with Gasteiger partial charge in [-0.25, -0.2) is 4.79 Å². The molecule has 0 atom stereocenters. The first-order chi connectivity index (χ1) is 15.3. The Balaban J connectivity index is 1.74. The van der Waals surface area contributed by atoms with Gasteiger partial charge in [0.05, 0.1) is 21.7 Å². The van der Waals surface area contributed by atoms with Crippen LogP contribution in [0.1, 0.15) is 63.6 Å². The van der Waals surface area contributed by atoms with Crippen LogP contribution in [-0.4, -0.2) is 23.1 Å². The Kier molecular flexibility index (Phi) is 6.60. The average Bonchev–Trinajstić information content (AvgIpc) is 3.27. The predicted octanol–water partition coefficient (Wildman–Crippen LogP) is 6.71. The normalized spacial score (nSPS) is 13.2. The largest absolute Gasteiger partial charge is 0.459 e. The first kappa shape index (κ1) is 22.8. The number of halogens is 2. The smallest absolute Gasteiger partial charge is 0.341 e. The molecule has 3 aromatic rings. The van der Waals surface area contributed by atoms with E-state index in [1.165, 1.54) is 11.3 Å². The fourth-order valence-electron chi connectivity index (χ4n) is 3.84. The van der Waals surface area contributed by atoms with Crippen molar-refractivity contribution < 1.29 is 18.8 Å². The van der Waals surface area contributed by atoms with Gasteiger partial charge in [-0.15, -0.1) is 11.3 Å². The molecular weight excluding hydrogens is 471 g/mol. The molecule has 2 heterocycles. The number of carbonyl (C=O) groups is 2. The molecule has 0 spiro atoms. The van der Waals surface area contributed by atoms with Gasteiger partial charge in [0, 0.05) is 10.4 Å². The molecule has 2 aromatic heterocycles. The summed E-state index contributed by atoms with van der Waals surface area (Å²) in [5.41, 5.74) is 2.30. The number of anilines is 1. The predicted molar refractivity (Wildman–Crippen MR) is 126 cm³/mol. The topological polar surface area (TPSA) is 81.4 Å². The third kappa shape index (κ3) is 4.29. The van der Waals surface area contributed by atoms with Crippen molar-refractivity contribution in [2.75, 3.05) is 5.32 Å². The highest BCUT2D eigenvalue weighted by Gasteiger charge is 2.30. The van der Waals surface area contributed by atoms with E-state index in [2.05, 4.69) is 10.5 Å². The van der Waals surface area contributed by atoms with E-state index < -0.39 is 11.9 Å². The van der Waals surface area contributed by atoms with Crippen molar-refractivity contribution in [2.45, 2.75) is 52.6 Å². The molecule has 1 aliphatic rings. The highest BCUT2D eigenvalue weighted by atomic mass is 35.5. The minimum Gasteiger partial charge on any atom is -0.459 e. The zero-order valence-electron chi connectivity index (χ0n) is 17.9. The Morgan fingerprint density at radius 2 is 1.84 bits per heavy atom. The minimum absolute atomic E-state index is 0.217. The van der Waals surface area contributed by atoms with E-state index in [1.807, 2.05) is 0 Å². The maximum Gasteiger partial charge on any atom is 0.341 e. The summed E-state index contributed by atoms with van der Waals surface area (Å²) in [5.74, 6) is -0.556. The number of nitrogens with zero attached hydrogens (tertiary/aromatic N) is 1. The van der Waals surface area contributed by atoms with Crippen LogP contribution in [0.25, 0.3) is 11.3 Å². The Morgan fingerprint density at radius 3 is 2.53 bits per heavy atom. The molecule has 1 aliphatic carbocycles. The molecule has 32 heavy (non-hydrogen) atoms. The number of esters is 1. The van der Waals surface area contributed by atoms with Gasteiger partial charge in [0.2, 0.25) is 0 Å². The lowest BCUT2D eigenvalue weighted by molar-refractivity contribution is 0.0378. The summed E-state index contributed by atoms with van der Waals surface area (Å²) in [5, 5.41) is 8.13. The maximum absolute atomic E-state index is 13.4. The SMILES string of the molecule is Cc1onc(-c2c(Cl)cccc2Cl)c1C(=O)Nc1sc2c(c1C(=O)OC(C)C)CCCC2. The Morgan fingerprint density at radius 1 is 1.16 bits per heavy atom. The molecule has 0 bridgehead atoms. The number of carbonyl (C=O) groups excluding carboxylic acids is 2. The van der Waals surface area contributed by atoms with E-state index in [1.54, 1.807) is 39.0 Å². The number of aryl methyl sites for hydroxylation is 2. The van der Waals surface area contributed by atoms with Crippen molar-refractivity contribution in [2.24, 2.45) is 0 Å². The number of hydrogen-bond donors (Lipinski definition) is 1. The number of amides is 1. The van der Waals surface area contributed by atoms with Gasteiger partial charge in [-0.1, -0.05) is 34.4 Å². The Labute approximate surface area is 199 Å². The van der Waals surface area contributed by atoms with Crippen molar-refractivity contribution in [3.8, 4) is 11.3 Å². The zero-order chi connectivity index (χ0) is 23.0. The molecule has 0 aliphatic heterocycles. The van der Waals surface area contributed by atoms with Gasteiger partial charge in [-0.2, -0.15) is 0 Å². The van der Waals surface area contributed by atoms with E-state index >= 15 is 0 Å². The van der Waals surface area contributed by atoms with Crippen LogP contribution in [0.4, 0.5) is 5.00 Å². The lowest BCUT2D eigenvalue weighted by atomic mass is 9.95. The highest BCUT2D eigenvalue weighted by Crippen LogP contribution is 2.40. The highest BCUT2D eigenvalue weighted by molar-refractivity contribution is 7.17. The zero-order valence-corrected chi connectivity index (χ0v) is 20.2. The van der Waals surface area contributed by atoms with Crippen LogP contribution in [0.5, 0.6) is 0 Å². The van der Waals surface area contributed by atoms with Crippen LogP contribution in [0, 0.1) is 6.92 Å². The molecule has 0 radical (unpaired) electrons. The summed E-state index contributed by atoms with van der Waals surface area (Å²) in [6.07, 6.45) is 3.46. The van der Waals surface area contributed by atoms with Crippen molar-refractivity contribution >= 4 is 51.4 Å². The molecule has 0 saturated carbocycles. The number of hydrogen-bond acceptors (Lipinski definition) is 6. The number of rotatable bonds is 5. The second-order valence-electron chi connectivity index (χ2n) is 7.88. The number of ether oxygens (including phenoxy) is 1. The summed E-state index contributed by atoms with van der Waals surface area (Å²) in [6.45, 7) is 5.24. The summed E-state index contributed by atoms with van der Waals surface area (Å²) in [7, 11) is 0. The first-order valence-corrected chi connectivity index (χ1v) is 11.9. The summed E-state index contributed by atoms with van der Waals surface area (Å²) in [6, 6.07) is 5.05. The monoisotopic (exact) mass is 492 g/mol. The van der Waals surface area contributed by atoms with Gasteiger partial charge in [-0.05, 0) is 64.2 Å². The Bertz CT molecular complexity index is 1180. The van der Waals surface area contributed by atoms with Crippen molar-refractivity contribution in [3.05, 3.63) is 55.6 Å². The molecule has 0 fully saturated rings. The summed E-state index contributed by atoms with van der Waals surface area (Å²) >= 11 is 14.1. The lowest BCUT2D eigenvalue weighted by Crippen LogP contribution is -2.18. The van der Waals surface area contributed by atoms with E-state index in [0.717, 1.165) is 36.1 Å². The molecule has 9 heteroatoms. The van der Waals surface area contributed by atoms with Crippen LogP contribution < -0.4 is 5.32 Å². The molecule has 1 N–H and O–H groups in total. The van der Waals surface area contributed by atoms with Gasteiger partial charge < -0.3 is 14.6 Å². The number of aromatic nitrogens is 1. The fourth-order valence-corrected chi connectivity index (χ4v) is 5.69.